The molecule has 0 heterocycles. The quantitative estimate of drug-likeness (QED) is 0.748. The maximum atomic E-state index is 12.0. The number of anilines is 1. The summed E-state index contributed by atoms with van der Waals surface area (Å²) in [5, 5.41) is 3.02. The lowest BCUT2D eigenvalue weighted by atomic mass is 9.96. The van der Waals surface area contributed by atoms with E-state index in [0.717, 1.165) is 41.4 Å². The minimum absolute atomic E-state index is 0.0949. The lowest BCUT2D eigenvalue weighted by Gasteiger charge is -2.14. The second kappa shape index (κ2) is 9.14. The fraction of sp³-hybridized carbons (Fsp3) is 0.562. The zero-order valence-electron chi connectivity index (χ0n) is 12.4. The van der Waals surface area contributed by atoms with Crippen molar-refractivity contribution < 1.29 is 4.79 Å². The minimum atomic E-state index is 0.0949. The van der Waals surface area contributed by atoms with Gasteiger partial charge in [-0.15, -0.1) is 0 Å². The first-order valence-electron chi connectivity index (χ1n) is 7.39. The topological polar surface area (TPSA) is 55.1 Å². The van der Waals surface area contributed by atoms with Crippen molar-refractivity contribution in [1.82, 2.24) is 0 Å². The molecular formula is C16H25BrN2O. The number of benzene rings is 1. The standard InChI is InChI=1S/C16H25BrN2O/c1-3-12(9-10-18)5-8-16(20)19-15-7-6-14(17)11-13(15)4-2/h6-7,11-12H,3-5,8-10,18H2,1-2H3,(H,19,20). The summed E-state index contributed by atoms with van der Waals surface area (Å²) in [4.78, 5) is 12.0. The van der Waals surface area contributed by atoms with Crippen LogP contribution in [0.5, 0.6) is 0 Å². The van der Waals surface area contributed by atoms with Gasteiger partial charge in [0, 0.05) is 16.6 Å². The lowest BCUT2D eigenvalue weighted by molar-refractivity contribution is -0.116. The van der Waals surface area contributed by atoms with Crippen LogP contribution < -0.4 is 11.1 Å². The number of nitrogens with two attached hydrogens (primary N) is 1. The van der Waals surface area contributed by atoms with E-state index in [1.54, 1.807) is 0 Å². The Labute approximate surface area is 130 Å². The molecule has 20 heavy (non-hydrogen) atoms. The molecule has 0 aliphatic carbocycles. The van der Waals surface area contributed by atoms with Gasteiger partial charge in [0.25, 0.3) is 0 Å². The molecule has 0 radical (unpaired) electrons. The molecule has 0 fully saturated rings. The van der Waals surface area contributed by atoms with Gasteiger partial charge in [-0.2, -0.15) is 0 Å². The monoisotopic (exact) mass is 340 g/mol. The maximum absolute atomic E-state index is 12.0. The Kier molecular flexibility index (Phi) is 7.85. The van der Waals surface area contributed by atoms with E-state index in [1.807, 2.05) is 12.1 Å². The molecule has 4 heteroatoms. The highest BCUT2D eigenvalue weighted by Crippen LogP contribution is 2.22. The predicted octanol–water partition coefficient (Wildman–Crippen LogP) is 4.11. The highest BCUT2D eigenvalue weighted by molar-refractivity contribution is 9.10. The number of hydrogen-bond donors (Lipinski definition) is 2. The zero-order valence-corrected chi connectivity index (χ0v) is 14.0. The molecule has 0 saturated heterocycles. The normalized spacial score (nSPS) is 12.2. The van der Waals surface area contributed by atoms with E-state index in [9.17, 15) is 4.79 Å². The largest absolute Gasteiger partial charge is 0.330 e. The number of rotatable bonds is 8. The molecule has 1 amide bonds. The molecule has 1 aromatic carbocycles. The molecule has 1 atom stereocenters. The molecule has 1 rings (SSSR count). The molecule has 0 spiro atoms. The molecule has 0 aromatic heterocycles. The van der Waals surface area contributed by atoms with Crippen LogP contribution in [0.2, 0.25) is 0 Å². The van der Waals surface area contributed by atoms with E-state index in [-0.39, 0.29) is 5.91 Å². The fourth-order valence-electron chi connectivity index (χ4n) is 2.31. The first-order chi connectivity index (χ1) is 9.60. The molecule has 0 aliphatic heterocycles. The van der Waals surface area contributed by atoms with Gasteiger partial charge in [-0.3, -0.25) is 4.79 Å². The van der Waals surface area contributed by atoms with Crippen molar-refractivity contribution in [3.8, 4) is 0 Å². The van der Waals surface area contributed by atoms with Crippen LogP contribution in [0.25, 0.3) is 0 Å². The molecule has 1 unspecified atom stereocenters. The molecule has 1 aromatic rings. The third-order valence-corrected chi connectivity index (χ3v) is 4.15. The van der Waals surface area contributed by atoms with Gasteiger partial charge in [0.2, 0.25) is 5.91 Å². The third kappa shape index (κ3) is 5.63. The summed E-state index contributed by atoms with van der Waals surface area (Å²) in [5.74, 6) is 0.652. The van der Waals surface area contributed by atoms with Gasteiger partial charge >= 0.3 is 0 Å². The van der Waals surface area contributed by atoms with Crippen molar-refractivity contribution in [3.63, 3.8) is 0 Å². The zero-order chi connectivity index (χ0) is 15.0. The molecular weight excluding hydrogens is 316 g/mol. The van der Waals surface area contributed by atoms with Crippen LogP contribution in [-0.4, -0.2) is 12.5 Å². The van der Waals surface area contributed by atoms with Gasteiger partial charge < -0.3 is 11.1 Å². The molecule has 3 nitrogen and oxygen atoms in total. The van der Waals surface area contributed by atoms with Gasteiger partial charge in [0.15, 0.2) is 0 Å². The Hall–Kier alpha value is -0.870. The molecule has 112 valence electrons. The Morgan fingerprint density at radius 1 is 1.35 bits per heavy atom. The number of amides is 1. The average molecular weight is 341 g/mol. The number of nitrogens with one attached hydrogen (secondary N) is 1. The first-order valence-corrected chi connectivity index (χ1v) is 8.18. The number of hydrogen-bond acceptors (Lipinski definition) is 2. The summed E-state index contributed by atoms with van der Waals surface area (Å²) < 4.78 is 1.04. The van der Waals surface area contributed by atoms with Crippen molar-refractivity contribution in [2.45, 2.75) is 46.0 Å². The van der Waals surface area contributed by atoms with E-state index in [0.29, 0.717) is 18.9 Å². The molecule has 0 bridgehead atoms. The molecule has 0 saturated carbocycles. The first kappa shape index (κ1) is 17.2. The second-order valence-corrected chi connectivity index (χ2v) is 6.01. The summed E-state index contributed by atoms with van der Waals surface area (Å²) in [7, 11) is 0. The van der Waals surface area contributed by atoms with Crippen LogP contribution in [0.15, 0.2) is 22.7 Å². The average Bonchev–Trinajstić information content (AvgIpc) is 2.45. The smallest absolute Gasteiger partial charge is 0.224 e. The van der Waals surface area contributed by atoms with E-state index < -0.39 is 0 Å². The molecule has 0 aliphatic rings. The van der Waals surface area contributed by atoms with Crippen molar-refractivity contribution in [1.29, 1.82) is 0 Å². The van der Waals surface area contributed by atoms with Crippen LogP contribution in [-0.2, 0) is 11.2 Å². The Morgan fingerprint density at radius 3 is 2.70 bits per heavy atom. The molecule has 3 N–H and O–H groups in total. The van der Waals surface area contributed by atoms with Crippen LogP contribution in [0, 0.1) is 5.92 Å². The van der Waals surface area contributed by atoms with Gasteiger partial charge in [-0.05, 0) is 55.5 Å². The number of aryl methyl sites for hydroxylation is 1. The number of carbonyl (C=O) groups excluding carboxylic acids is 1. The maximum Gasteiger partial charge on any atom is 0.224 e. The fourth-order valence-corrected chi connectivity index (χ4v) is 2.72. The summed E-state index contributed by atoms with van der Waals surface area (Å²) in [6.07, 6.45) is 4.47. The van der Waals surface area contributed by atoms with E-state index in [2.05, 4.69) is 41.2 Å². The summed E-state index contributed by atoms with van der Waals surface area (Å²) >= 11 is 3.46. The Morgan fingerprint density at radius 2 is 2.10 bits per heavy atom. The van der Waals surface area contributed by atoms with Gasteiger partial charge in [-0.25, -0.2) is 0 Å². The van der Waals surface area contributed by atoms with Crippen LogP contribution >= 0.6 is 15.9 Å². The highest BCUT2D eigenvalue weighted by atomic mass is 79.9. The van der Waals surface area contributed by atoms with Crippen LogP contribution in [0.3, 0.4) is 0 Å². The second-order valence-electron chi connectivity index (χ2n) is 5.09. The van der Waals surface area contributed by atoms with Gasteiger partial charge in [-0.1, -0.05) is 36.2 Å². The summed E-state index contributed by atoms with van der Waals surface area (Å²) in [6, 6.07) is 5.97. The van der Waals surface area contributed by atoms with Crippen LogP contribution in [0.1, 0.15) is 45.1 Å². The Bertz CT molecular complexity index is 434. The van der Waals surface area contributed by atoms with Crippen molar-refractivity contribution >= 4 is 27.5 Å². The highest BCUT2D eigenvalue weighted by Gasteiger charge is 2.10. The van der Waals surface area contributed by atoms with Crippen molar-refractivity contribution in [2.24, 2.45) is 11.7 Å². The number of halogens is 1. The lowest BCUT2D eigenvalue weighted by Crippen LogP contribution is -2.15. The van der Waals surface area contributed by atoms with Crippen LogP contribution in [0.4, 0.5) is 5.69 Å². The van der Waals surface area contributed by atoms with E-state index in [4.69, 9.17) is 5.73 Å². The SMILES string of the molecule is CCc1cc(Br)ccc1NC(=O)CCC(CC)CCN. The predicted molar refractivity (Wildman–Crippen MR) is 88.8 cm³/mol. The summed E-state index contributed by atoms with van der Waals surface area (Å²) in [6.45, 7) is 4.95. The summed E-state index contributed by atoms with van der Waals surface area (Å²) in [5.41, 5.74) is 7.66. The third-order valence-electron chi connectivity index (χ3n) is 3.65. The van der Waals surface area contributed by atoms with E-state index in [1.165, 1.54) is 0 Å². The number of carbonyl (C=O) groups is 1. The minimum Gasteiger partial charge on any atom is -0.330 e. The van der Waals surface area contributed by atoms with Gasteiger partial charge in [0.1, 0.15) is 0 Å². The van der Waals surface area contributed by atoms with Crippen molar-refractivity contribution in [2.75, 3.05) is 11.9 Å². The van der Waals surface area contributed by atoms with Gasteiger partial charge in [0.05, 0.1) is 0 Å². The Balaban J connectivity index is 2.54. The van der Waals surface area contributed by atoms with E-state index >= 15 is 0 Å². The van der Waals surface area contributed by atoms with Crippen molar-refractivity contribution in [3.05, 3.63) is 28.2 Å².